The van der Waals surface area contributed by atoms with Crippen LogP contribution in [-0.2, 0) is 17.8 Å². The van der Waals surface area contributed by atoms with Crippen molar-refractivity contribution in [2.45, 2.75) is 70.8 Å². The second-order valence-electron chi connectivity index (χ2n) is 5.31. The molecule has 0 aliphatic rings. The van der Waals surface area contributed by atoms with Crippen LogP contribution in [0.3, 0.4) is 0 Å². The highest BCUT2D eigenvalue weighted by Gasteiger charge is 2.23. The van der Waals surface area contributed by atoms with Crippen molar-refractivity contribution in [1.29, 1.82) is 0 Å². The van der Waals surface area contributed by atoms with E-state index in [1.807, 2.05) is 0 Å². The highest BCUT2D eigenvalue weighted by atomic mass is 28.4. The van der Waals surface area contributed by atoms with Gasteiger partial charge < -0.3 is 13.0 Å². The van der Waals surface area contributed by atoms with Crippen LogP contribution in [0.5, 0.6) is 0 Å². The van der Waals surface area contributed by atoms with Gasteiger partial charge in [0.15, 0.2) is 18.1 Å². The van der Waals surface area contributed by atoms with Gasteiger partial charge in [-0.25, -0.2) is 4.79 Å². The van der Waals surface area contributed by atoms with Gasteiger partial charge in [-0.3, -0.25) is 0 Å². The van der Waals surface area contributed by atoms with E-state index >= 15 is 0 Å². The summed E-state index contributed by atoms with van der Waals surface area (Å²) < 4.78 is 17.7. The molecular formula is C15H33O4Si3. The highest BCUT2D eigenvalue weighted by Crippen LogP contribution is 2.13. The SMILES string of the molecule is C=CC(=O)OCCCC[Si](O[SiH](CC)CC)O[SiH](CC)CC. The van der Waals surface area contributed by atoms with Gasteiger partial charge >= 0.3 is 15.3 Å². The zero-order valence-corrected chi connectivity index (χ0v) is 18.0. The van der Waals surface area contributed by atoms with Gasteiger partial charge in [-0.1, -0.05) is 34.3 Å². The summed E-state index contributed by atoms with van der Waals surface area (Å²) in [6.45, 7) is 12.8. The van der Waals surface area contributed by atoms with Crippen molar-refractivity contribution >= 4 is 33.3 Å². The number of carbonyl (C=O) groups is 1. The fourth-order valence-electron chi connectivity index (χ4n) is 2.03. The molecule has 0 saturated heterocycles. The van der Waals surface area contributed by atoms with E-state index in [1.54, 1.807) is 0 Å². The van der Waals surface area contributed by atoms with Crippen LogP contribution in [-0.4, -0.2) is 39.9 Å². The third-order valence-electron chi connectivity index (χ3n) is 3.60. The summed E-state index contributed by atoms with van der Waals surface area (Å²) in [5.74, 6) is -0.341. The molecule has 7 heteroatoms. The van der Waals surface area contributed by atoms with E-state index in [4.69, 9.17) is 13.0 Å². The van der Waals surface area contributed by atoms with Gasteiger partial charge in [0.25, 0.3) is 0 Å². The van der Waals surface area contributed by atoms with Crippen molar-refractivity contribution in [1.82, 2.24) is 0 Å². The standard InChI is InChI=1S/C15H33O4Si3/c1-6-15(16)17-13-11-12-14-22(18-20(7-2)8-3)19-21(9-4)10-5/h6,20-21H,1,7-14H2,2-5H3. The fraction of sp³-hybridized carbons (Fsp3) is 0.800. The number of ether oxygens (including phenoxy) is 1. The molecular weight excluding hydrogens is 328 g/mol. The van der Waals surface area contributed by atoms with Gasteiger partial charge in [-0.05, 0) is 43.1 Å². The second kappa shape index (κ2) is 14.4. The molecule has 1 radical (unpaired) electrons. The Morgan fingerprint density at radius 3 is 1.91 bits per heavy atom. The molecule has 0 saturated carbocycles. The van der Waals surface area contributed by atoms with E-state index in [9.17, 15) is 4.79 Å². The minimum absolute atomic E-state index is 0.341. The zero-order chi connectivity index (χ0) is 16.8. The molecule has 0 rings (SSSR count). The first-order valence-corrected chi connectivity index (χ1v) is 14.3. The van der Waals surface area contributed by atoms with Gasteiger partial charge in [0, 0.05) is 6.08 Å². The van der Waals surface area contributed by atoms with Gasteiger partial charge in [0.1, 0.15) is 0 Å². The van der Waals surface area contributed by atoms with Crippen LogP contribution in [0.1, 0.15) is 40.5 Å². The van der Waals surface area contributed by atoms with Crippen LogP contribution in [0.15, 0.2) is 12.7 Å². The lowest BCUT2D eigenvalue weighted by molar-refractivity contribution is -0.137. The van der Waals surface area contributed by atoms with Crippen LogP contribution in [0.4, 0.5) is 0 Å². The molecule has 0 aliphatic heterocycles. The lowest BCUT2D eigenvalue weighted by Gasteiger charge is -2.24. The number of esters is 1. The van der Waals surface area contributed by atoms with Gasteiger partial charge in [-0.2, -0.15) is 0 Å². The van der Waals surface area contributed by atoms with Crippen LogP contribution < -0.4 is 0 Å². The Balaban J connectivity index is 4.21. The Morgan fingerprint density at radius 2 is 1.50 bits per heavy atom. The molecule has 22 heavy (non-hydrogen) atoms. The summed E-state index contributed by atoms with van der Waals surface area (Å²) >= 11 is 0. The molecule has 4 nitrogen and oxygen atoms in total. The number of unbranched alkanes of at least 4 members (excludes halogenated alkanes) is 1. The summed E-state index contributed by atoms with van der Waals surface area (Å²) in [6.07, 6.45) is 3.08. The molecule has 0 atom stereocenters. The smallest absolute Gasteiger partial charge is 0.362 e. The van der Waals surface area contributed by atoms with Crippen molar-refractivity contribution in [3.8, 4) is 0 Å². The van der Waals surface area contributed by atoms with Crippen molar-refractivity contribution in [3.05, 3.63) is 12.7 Å². The van der Waals surface area contributed by atoms with E-state index in [-0.39, 0.29) is 5.97 Å². The Kier molecular flexibility index (Phi) is 14.2. The maximum Gasteiger partial charge on any atom is 0.362 e. The lowest BCUT2D eigenvalue weighted by atomic mass is 10.4. The minimum Gasteiger partial charge on any atom is -0.463 e. The molecule has 0 amide bonds. The molecule has 0 aromatic carbocycles. The largest absolute Gasteiger partial charge is 0.463 e. The molecule has 0 bridgehead atoms. The van der Waals surface area contributed by atoms with Gasteiger partial charge in [0.05, 0.1) is 6.61 Å². The van der Waals surface area contributed by atoms with E-state index < -0.39 is 27.4 Å². The Morgan fingerprint density at radius 1 is 1.00 bits per heavy atom. The first-order valence-electron chi connectivity index (χ1n) is 8.59. The quantitative estimate of drug-likeness (QED) is 0.205. The predicted octanol–water partition coefficient (Wildman–Crippen LogP) is 3.54. The molecule has 0 heterocycles. The summed E-state index contributed by atoms with van der Waals surface area (Å²) in [7, 11) is -3.27. The maximum atomic E-state index is 11.0. The molecule has 129 valence electrons. The van der Waals surface area contributed by atoms with Gasteiger partial charge in [-0.15, -0.1) is 0 Å². The Bertz CT molecular complexity index is 281. The molecule has 0 spiro atoms. The van der Waals surface area contributed by atoms with Gasteiger partial charge in [0.2, 0.25) is 0 Å². The molecule has 0 aliphatic carbocycles. The predicted molar refractivity (Wildman–Crippen MR) is 99.3 cm³/mol. The Hall–Kier alpha value is -0.219. The van der Waals surface area contributed by atoms with Crippen LogP contribution in [0.2, 0.25) is 30.2 Å². The molecule has 0 aromatic heterocycles. The number of hydrogen-bond donors (Lipinski definition) is 0. The van der Waals surface area contributed by atoms with Crippen molar-refractivity contribution < 1.29 is 17.8 Å². The molecule has 0 fully saturated rings. The van der Waals surface area contributed by atoms with E-state index in [2.05, 4.69) is 34.3 Å². The zero-order valence-electron chi connectivity index (χ0n) is 14.7. The number of carbonyl (C=O) groups excluding carboxylic acids is 1. The average molecular weight is 362 g/mol. The number of hydrogen-bond acceptors (Lipinski definition) is 4. The Labute approximate surface area is 141 Å². The maximum absolute atomic E-state index is 11.0. The lowest BCUT2D eigenvalue weighted by Crippen LogP contribution is -2.36. The topological polar surface area (TPSA) is 44.8 Å². The van der Waals surface area contributed by atoms with Crippen LogP contribution in [0.25, 0.3) is 0 Å². The van der Waals surface area contributed by atoms with Crippen molar-refractivity contribution in [3.63, 3.8) is 0 Å². The molecule has 0 aromatic rings. The van der Waals surface area contributed by atoms with Crippen LogP contribution >= 0.6 is 0 Å². The molecule has 0 N–H and O–H groups in total. The number of rotatable bonds is 14. The first-order chi connectivity index (χ1) is 10.6. The first kappa shape index (κ1) is 21.8. The molecule has 0 unspecified atom stereocenters. The monoisotopic (exact) mass is 361 g/mol. The summed E-state index contributed by atoms with van der Waals surface area (Å²) in [5, 5.41) is 0. The third-order valence-corrected chi connectivity index (χ3v) is 12.8. The summed E-state index contributed by atoms with van der Waals surface area (Å²) in [4.78, 5) is 11.0. The summed E-state index contributed by atoms with van der Waals surface area (Å²) in [5.41, 5.74) is 0. The van der Waals surface area contributed by atoms with Crippen molar-refractivity contribution in [2.75, 3.05) is 6.61 Å². The summed E-state index contributed by atoms with van der Waals surface area (Å²) in [6, 6.07) is 5.71. The minimum atomic E-state index is -1.13. The van der Waals surface area contributed by atoms with E-state index in [0.29, 0.717) is 6.61 Å². The fourth-order valence-corrected chi connectivity index (χ4v) is 11.0. The van der Waals surface area contributed by atoms with Crippen molar-refractivity contribution in [2.24, 2.45) is 0 Å². The van der Waals surface area contributed by atoms with E-state index in [1.165, 1.54) is 30.3 Å². The normalized spacial score (nSPS) is 11.4. The second-order valence-corrected chi connectivity index (χ2v) is 14.2. The van der Waals surface area contributed by atoms with E-state index in [0.717, 1.165) is 18.9 Å². The van der Waals surface area contributed by atoms with Crippen LogP contribution in [0, 0.1) is 0 Å². The third kappa shape index (κ3) is 10.5. The average Bonchev–Trinajstić information content (AvgIpc) is 2.55. The highest BCUT2D eigenvalue weighted by molar-refractivity contribution is 6.68.